The van der Waals surface area contributed by atoms with E-state index in [1.807, 2.05) is 0 Å². The highest BCUT2D eigenvalue weighted by atomic mass is 16.5. The van der Waals surface area contributed by atoms with Crippen LogP contribution in [0.25, 0.3) is 0 Å². The van der Waals surface area contributed by atoms with Crippen molar-refractivity contribution in [1.82, 2.24) is 5.32 Å². The summed E-state index contributed by atoms with van der Waals surface area (Å²) in [6.45, 7) is -0.108. The molecule has 0 fully saturated rings. The molecular weight excluding hydrogens is 162 g/mol. The van der Waals surface area contributed by atoms with Gasteiger partial charge < -0.3 is 20.3 Å². The summed E-state index contributed by atoms with van der Waals surface area (Å²) >= 11 is 0. The van der Waals surface area contributed by atoms with Crippen molar-refractivity contribution in [3.63, 3.8) is 0 Å². The van der Waals surface area contributed by atoms with E-state index in [0.717, 1.165) is 0 Å². The van der Waals surface area contributed by atoms with Crippen molar-refractivity contribution in [1.29, 1.82) is 0 Å². The second-order valence-corrected chi connectivity index (χ2v) is 2.10. The van der Waals surface area contributed by atoms with E-state index in [4.69, 9.17) is 10.2 Å². The lowest BCUT2D eigenvalue weighted by molar-refractivity contribution is -0.134. The van der Waals surface area contributed by atoms with E-state index in [1.54, 1.807) is 0 Å². The quantitative estimate of drug-likeness (QED) is 0.354. The maximum absolute atomic E-state index is 10.5. The Morgan fingerprint density at radius 3 is 2.92 bits per heavy atom. The molecule has 0 radical (unpaired) electrons. The van der Waals surface area contributed by atoms with E-state index in [-0.39, 0.29) is 13.2 Å². The molecule has 5 heteroatoms. The van der Waals surface area contributed by atoms with Crippen LogP contribution in [0.4, 0.5) is 0 Å². The Morgan fingerprint density at radius 2 is 2.42 bits per heavy atom. The number of aliphatic hydroxyl groups is 2. The Labute approximate surface area is 70.7 Å². The minimum atomic E-state index is -0.813. The monoisotopic (exact) mass is 175 g/mol. The van der Waals surface area contributed by atoms with Crippen LogP contribution in [-0.4, -0.2) is 42.5 Å². The number of carbonyl (C=O) groups excluding carboxylic acids is 1. The van der Waals surface area contributed by atoms with Crippen LogP contribution in [0.1, 0.15) is 0 Å². The molecule has 0 rings (SSSR count). The summed E-state index contributed by atoms with van der Waals surface area (Å²) in [4.78, 5) is 10.5. The van der Waals surface area contributed by atoms with Crippen LogP contribution in [0, 0.1) is 0 Å². The minimum Gasteiger partial charge on any atom is -0.466 e. The van der Waals surface area contributed by atoms with E-state index >= 15 is 0 Å². The number of methoxy groups -OCH3 is 1. The third kappa shape index (κ3) is 5.70. The van der Waals surface area contributed by atoms with Crippen LogP contribution >= 0.6 is 0 Å². The molecule has 0 heterocycles. The molecular formula is C7H13NO4. The maximum Gasteiger partial charge on any atom is 0.331 e. The molecule has 0 aliphatic rings. The predicted molar refractivity (Wildman–Crippen MR) is 42.3 cm³/mol. The second kappa shape index (κ2) is 6.63. The molecule has 0 spiro atoms. The van der Waals surface area contributed by atoms with Gasteiger partial charge in [-0.05, 0) is 0 Å². The van der Waals surface area contributed by atoms with Crippen molar-refractivity contribution in [2.75, 3.05) is 20.3 Å². The molecule has 1 unspecified atom stereocenters. The molecule has 0 aromatic heterocycles. The fourth-order valence-electron chi connectivity index (χ4n) is 0.464. The van der Waals surface area contributed by atoms with Crippen molar-refractivity contribution < 1.29 is 19.7 Å². The highest BCUT2D eigenvalue weighted by Gasteiger charge is 1.97. The zero-order chi connectivity index (χ0) is 9.40. The average Bonchev–Trinajstić information content (AvgIpc) is 2.11. The number of carbonyl (C=O) groups is 1. The summed E-state index contributed by atoms with van der Waals surface area (Å²) in [6.07, 6.45) is 1.72. The largest absolute Gasteiger partial charge is 0.466 e. The Balaban J connectivity index is 3.42. The van der Waals surface area contributed by atoms with Gasteiger partial charge in [-0.3, -0.25) is 0 Å². The summed E-state index contributed by atoms with van der Waals surface area (Å²) in [5.41, 5.74) is 0. The molecule has 0 bridgehead atoms. The van der Waals surface area contributed by atoms with Gasteiger partial charge in [0, 0.05) is 18.8 Å². The van der Waals surface area contributed by atoms with E-state index < -0.39 is 12.1 Å². The molecule has 5 nitrogen and oxygen atoms in total. The molecule has 0 amide bonds. The third-order valence-corrected chi connectivity index (χ3v) is 1.10. The first-order chi connectivity index (χ1) is 5.70. The van der Waals surface area contributed by atoms with Crippen LogP contribution in [-0.2, 0) is 9.53 Å². The summed E-state index contributed by atoms with van der Waals surface area (Å²) in [6, 6.07) is 0. The standard InChI is InChI=1S/C7H13NO4/c1-12-7(11)2-3-8-4-6(10)5-9/h2-3,6,8-10H,4-5H2,1H3/b3-2+. The topological polar surface area (TPSA) is 78.8 Å². The highest BCUT2D eigenvalue weighted by Crippen LogP contribution is 1.78. The zero-order valence-electron chi connectivity index (χ0n) is 6.86. The van der Waals surface area contributed by atoms with Crippen LogP contribution in [0.5, 0.6) is 0 Å². The molecule has 0 saturated carbocycles. The molecule has 12 heavy (non-hydrogen) atoms. The number of hydrogen-bond donors (Lipinski definition) is 3. The number of esters is 1. The number of hydrogen-bond acceptors (Lipinski definition) is 5. The number of nitrogens with one attached hydrogen (secondary N) is 1. The molecule has 3 N–H and O–H groups in total. The smallest absolute Gasteiger partial charge is 0.331 e. The Bertz CT molecular complexity index is 157. The summed E-state index contributed by atoms with van der Waals surface area (Å²) < 4.78 is 4.31. The van der Waals surface area contributed by atoms with Gasteiger partial charge in [0.2, 0.25) is 0 Å². The first-order valence-corrected chi connectivity index (χ1v) is 3.47. The molecule has 0 aromatic carbocycles. The van der Waals surface area contributed by atoms with Gasteiger partial charge in [-0.25, -0.2) is 4.79 Å². The minimum absolute atomic E-state index is 0.198. The lowest BCUT2D eigenvalue weighted by Crippen LogP contribution is -2.26. The first-order valence-electron chi connectivity index (χ1n) is 3.47. The zero-order valence-corrected chi connectivity index (χ0v) is 6.86. The summed E-state index contributed by atoms with van der Waals surface area (Å²) in [5.74, 6) is -0.471. The normalized spacial score (nSPS) is 12.9. The number of rotatable bonds is 5. The van der Waals surface area contributed by atoms with Gasteiger partial charge in [0.1, 0.15) is 0 Å². The predicted octanol–water partition coefficient (Wildman–Crippen LogP) is -1.38. The lowest BCUT2D eigenvalue weighted by Gasteiger charge is -2.05. The highest BCUT2D eigenvalue weighted by molar-refractivity contribution is 5.81. The first kappa shape index (κ1) is 10.9. The lowest BCUT2D eigenvalue weighted by atomic mass is 10.4. The van der Waals surface area contributed by atoms with E-state index in [9.17, 15) is 4.79 Å². The number of aliphatic hydroxyl groups excluding tert-OH is 2. The molecule has 0 aliphatic carbocycles. The van der Waals surface area contributed by atoms with Crippen LogP contribution < -0.4 is 5.32 Å². The van der Waals surface area contributed by atoms with Crippen molar-refractivity contribution in [3.8, 4) is 0 Å². The molecule has 70 valence electrons. The van der Waals surface area contributed by atoms with Gasteiger partial charge in [0.05, 0.1) is 19.8 Å². The van der Waals surface area contributed by atoms with Gasteiger partial charge in [0.15, 0.2) is 0 Å². The molecule has 0 aliphatic heterocycles. The summed E-state index contributed by atoms with van der Waals surface area (Å²) in [7, 11) is 1.27. The number of ether oxygens (including phenoxy) is 1. The van der Waals surface area contributed by atoms with Crippen molar-refractivity contribution >= 4 is 5.97 Å². The average molecular weight is 175 g/mol. The van der Waals surface area contributed by atoms with Gasteiger partial charge in [-0.1, -0.05) is 0 Å². The van der Waals surface area contributed by atoms with Crippen molar-refractivity contribution in [2.45, 2.75) is 6.10 Å². The Kier molecular flexibility index (Phi) is 6.04. The third-order valence-electron chi connectivity index (χ3n) is 1.10. The van der Waals surface area contributed by atoms with Crippen molar-refractivity contribution in [3.05, 3.63) is 12.3 Å². The van der Waals surface area contributed by atoms with E-state index in [1.165, 1.54) is 19.4 Å². The summed E-state index contributed by atoms with van der Waals surface area (Å²) in [5, 5.41) is 19.8. The molecule has 0 saturated heterocycles. The Morgan fingerprint density at radius 1 is 1.75 bits per heavy atom. The van der Waals surface area contributed by atoms with E-state index in [2.05, 4.69) is 10.1 Å². The van der Waals surface area contributed by atoms with Gasteiger partial charge in [0.25, 0.3) is 0 Å². The van der Waals surface area contributed by atoms with Gasteiger partial charge >= 0.3 is 5.97 Å². The van der Waals surface area contributed by atoms with Crippen molar-refractivity contribution in [2.24, 2.45) is 0 Å². The fourth-order valence-corrected chi connectivity index (χ4v) is 0.464. The Hall–Kier alpha value is -1.07. The molecule has 1 atom stereocenters. The second-order valence-electron chi connectivity index (χ2n) is 2.10. The van der Waals surface area contributed by atoms with Crippen LogP contribution in [0.15, 0.2) is 12.3 Å². The fraction of sp³-hybridized carbons (Fsp3) is 0.571. The maximum atomic E-state index is 10.5. The molecule has 0 aromatic rings. The van der Waals surface area contributed by atoms with E-state index in [0.29, 0.717) is 0 Å². The van der Waals surface area contributed by atoms with Crippen LogP contribution in [0.2, 0.25) is 0 Å². The van der Waals surface area contributed by atoms with Crippen LogP contribution in [0.3, 0.4) is 0 Å². The SMILES string of the molecule is COC(=O)/C=C/NCC(O)CO. The van der Waals surface area contributed by atoms with Gasteiger partial charge in [-0.2, -0.15) is 0 Å². The van der Waals surface area contributed by atoms with Gasteiger partial charge in [-0.15, -0.1) is 0 Å².